The van der Waals surface area contributed by atoms with Crippen LogP contribution in [-0.2, 0) is 0 Å². The summed E-state index contributed by atoms with van der Waals surface area (Å²) in [5.74, 6) is 0. The second-order valence-corrected chi connectivity index (χ2v) is 4.66. The predicted octanol–water partition coefficient (Wildman–Crippen LogP) is 3.13. The third kappa shape index (κ3) is 2.44. The fourth-order valence-corrected chi connectivity index (χ4v) is 1.67. The molecule has 0 radical (unpaired) electrons. The van der Waals surface area contributed by atoms with E-state index in [4.69, 9.17) is 23.2 Å². The molecule has 0 N–H and O–H groups in total. The second-order valence-electron chi connectivity index (χ2n) is 3.60. The highest BCUT2D eigenvalue weighted by molar-refractivity contribution is 6.32. The van der Waals surface area contributed by atoms with Crippen LogP contribution in [0.25, 0.3) is 5.69 Å². The van der Waals surface area contributed by atoms with Crippen molar-refractivity contribution in [3.05, 3.63) is 45.2 Å². The standard InChI is InChI=1S/C10H8Cl2N4O2/c1-6(11)9-5-15(14-13-9)10-4-7(16(17)18)2-3-8(10)12/h2-6H,1H3. The van der Waals surface area contributed by atoms with Crippen LogP contribution in [0, 0.1) is 10.1 Å². The number of alkyl halides is 1. The lowest BCUT2D eigenvalue weighted by molar-refractivity contribution is -0.384. The van der Waals surface area contributed by atoms with Crippen molar-refractivity contribution in [3.8, 4) is 5.69 Å². The molecule has 0 bridgehead atoms. The van der Waals surface area contributed by atoms with Gasteiger partial charge in [0.05, 0.1) is 27.2 Å². The molecule has 0 fully saturated rings. The van der Waals surface area contributed by atoms with Gasteiger partial charge in [-0.25, -0.2) is 4.68 Å². The molecule has 0 aliphatic rings. The molecule has 0 aliphatic heterocycles. The van der Waals surface area contributed by atoms with Crippen LogP contribution < -0.4 is 0 Å². The van der Waals surface area contributed by atoms with Gasteiger partial charge in [-0.1, -0.05) is 16.8 Å². The zero-order valence-corrected chi connectivity index (χ0v) is 10.8. The summed E-state index contributed by atoms with van der Waals surface area (Å²) in [6.07, 6.45) is 1.59. The molecule has 1 aromatic carbocycles. The van der Waals surface area contributed by atoms with E-state index in [1.54, 1.807) is 13.1 Å². The number of non-ortho nitro benzene ring substituents is 1. The first-order valence-corrected chi connectivity index (χ1v) is 5.81. The number of nitro groups is 1. The molecule has 94 valence electrons. The number of hydrogen-bond donors (Lipinski definition) is 0. The van der Waals surface area contributed by atoms with Crippen LogP contribution in [-0.4, -0.2) is 19.9 Å². The Hall–Kier alpha value is -1.66. The maximum atomic E-state index is 10.7. The van der Waals surface area contributed by atoms with E-state index in [-0.39, 0.29) is 11.1 Å². The molecule has 1 atom stereocenters. The zero-order valence-electron chi connectivity index (χ0n) is 9.25. The fraction of sp³-hybridized carbons (Fsp3) is 0.200. The van der Waals surface area contributed by atoms with Crippen molar-refractivity contribution in [2.24, 2.45) is 0 Å². The molecule has 6 nitrogen and oxygen atoms in total. The van der Waals surface area contributed by atoms with Crippen molar-refractivity contribution in [1.82, 2.24) is 15.0 Å². The number of nitrogens with zero attached hydrogens (tertiary/aromatic N) is 4. The monoisotopic (exact) mass is 286 g/mol. The van der Waals surface area contributed by atoms with E-state index in [1.807, 2.05) is 0 Å². The van der Waals surface area contributed by atoms with Gasteiger partial charge in [0.1, 0.15) is 5.69 Å². The number of aromatic nitrogens is 3. The second kappa shape index (κ2) is 4.91. The molecule has 18 heavy (non-hydrogen) atoms. The number of halogens is 2. The largest absolute Gasteiger partial charge is 0.271 e. The molecule has 2 rings (SSSR count). The van der Waals surface area contributed by atoms with Crippen molar-refractivity contribution in [1.29, 1.82) is 0 Å². The maximum Gasteiger partial charge on any atom is 0.271 e. The molecule has 1 unspecified atom stereocenters. The van der Waals surface area contributed by atoms with Crippen molar-refractivity contribution in [3.63, 3.8) is 0 Å². The van der Waals surface area contributed by atoms with Crippen LogP contribution in [0.4, 0.5) is 5.69 Å². The Kier molecular flexibility index (Phi) is 3.49. The first-order chi connectivity index (χ1) is 8.49. The van der Waals surface area contributed by atoms with E-state index in [1.165, 1.54) is 22.9 Å². The van der Waals surface area contributed by atoms with E-state index in [9.17, 15) is 10.1 Å². The van der Waals surface area contributed by atoms with Gasteiger partial charge >= 0.3 is 0 Å². The summed E-state index contributed by atoms with van der Waals surface area (Å²) in [7, 11) is 0. The summed E-state index contributed by atoms with van der Waals surface area (Å²) in [6.45, 7) is 1.75. The van der Waals surface area contributed by atoms with Gasteiger partial charge in [0, 0.05) is 12.1 Å². The van der Waals surface area contributed by atoms with E-state index < -0.39 is 4.92 Å². The number of hydrogen-bond acceptors (Lipinski definition) is 4. The van der Waals surface area contributed by atoms with E-state index >= 15 is 0 Å². The molecule has 8 heteroatoms. The lowest BCUT2D eigenvalue weighted by Gasteiger charge is -2.02. The van der Waals surface area contributed by atoms with Crippen LogP contribution >= 0.6 is 23.2 Å². The lowest BCUT2D eigenvalue weighted by Crippen LogP contribution is -1.98. The number of nitro benzene ring substituents is 1. The molecule has 0 amide bonds. The Balaban J connectivity index is 2.48. The zero-order chi connectivity index (χ0) is 13.3. The highest BCUT2D eigenvalue weighted by Gasteiger charge is 2.14. The lowest BCUT2D eigenvalue weighted by atomic mass is 10.3. The number of benzene rings is 1. The van der Waals surface area contributed by atoms with Crippen LogP contribution in [0.5, 0.6) is 0 Å². The van der Waals surface area contributed by atoms with Gasteiger partial charge in [-0.05, 0) is 13.0 Å². The fourth-order valence-electron chi connectivity index (χ4n) is 1.37. The summed E-state index contributed by atoms with van der Waals surface area (Å²) in [5, 5.41) is 18.5. The highest BCUT2D eigenvalue weighted by atomic mass is 35.5. The van der Waals surface area contributed by atoms with Crippen molar-refractivity contribution >= 4 is 28.9 Å². The summed E-state index contributed by atoms with van der Waals surface area (Å²) >= 11 is 11.8. The van der Waals surface area contributed by atoms with Crippen molar-refractivity contribution in [2.45, 2.75) is 12.3 Å². The van der Waals surface area contributed by atoms with Gasteiger partial charge in [0.2, 0.25) is 0 Å². The minimum Gasteiger partial charge on any atom is -0.258 e. The SMILES string of the molecule is CC(Cl)c1cn(-c2cc([N+](=O)[O-])ccc2Cl)nn1. The normalized spacial score (nSPS) is 12.4. The summed E-state index contributed by atoms with van der Waals surface area (Å²) in [6, 6.07) is 4.11. The third-order valence-electron chi connectivity index (χ3n) is 2.31. The highest BCUT2D eigenvalue weighted by Crippen LogP contribution is 2.26. The Bertz CT molecular complexity index is 597. The number of rotatable bonds is 3. The first kappa shape index (κ1) is 12.8. The summed E-state index contributed by atoms with van der Waals surface area (Å²) in [5.41, 5.74) is 0.895. The molecule has 2 aromatic rings. The van der Waals surface area contributed by atoms with Gasteiger partial charge in [0.25, 0.3) is 5.69 Å². The Morgan fingerprint density at radius 1 is 1.50 bits per heavy atom. The first-order valence-electron chi connectivity index (χ1n) is 4.99. The minimum absolute atomic E-state index is 0.0645. The maximum absolute atomic E-state index is 10.7. The Labute approximate surface area is 112 Å². The predicted molar refractivity (Wildman–Crippen MR) is 67.3 cm³/mol. The Morgan fingerprint density at radius 3 is 2.78 bits per heavy atom. The molecule has 0 spiro atoms. The van der Waals surface area contributed by atoms with Gasteiger partial charge in [0.15, 0.2) is 0 Å². The minimum atomic E-state index is -0.498. The van der Waals surface area contributed by atoms with Gasteiger partial charge < -0.3 is 0 Å². The Morgan fingerprint density at radius 2 is 2.22 bits per heavy atom. The van der Waals surface area contributed by atoms with Crippen LogP contribution in [0.1, 0.15) is 18.0 Å². The molecule has 1 heterocycles. The average molecular weight is 287 g/mol. The van der Waals surface area contributed by atoms with Crippen LogP contribution in [0.15, 0.2) is 24.4 Å². The molecular weight excluding hydrogens is 279 g/mol. The van der Waals surface area contributed by atoms with E-state index in [0.717, 1.165) is 0 Å². The average Bonchev–Trinajstić information content (AvgIpc) is 2.78. The van der Waals surface area contributed by atoms with Gasteiger partial charge in [-0.15, -0.1) is 16.7 Å². The van der Waals surface area contributed by atoms with Gasteiger partial charge in [-0.2, -0.15) is 0 Å². The van der Waals surface area contributed by atoms with Crippen LogP contribution in [0.3, 0.4) is 0 Å². The van der Waals surface area contributed by atoms with Crippen molar-refractivity contribution in [2.75, 3.05) is 0 Å². The molecule has 0 saturated carbocycles. The molecular formula is C10H8Cl2N4O2. The van der Waals surface area contributed by atoms with Gasteiger partial charge in [-0.3, -0.25) is 10.1 Å². The smallest absolute Gasteiger partial charge is 0.258 e. The summed E-state index contributed by atoms with van der Waals surface area (Å²) < 4.78 is 1.36. The molecule has 0 saturated heterocycles. The topological polar surface area (TPSA) is 73.8 Å². The quantitative estimate of drug-likeness (QED) is 0.494. The molecule has 0 aliphatic carbocycles. The third-order valence-corrected chi connectivity index (χ3v) is 2.85. The van der Waals surface area contributed by atoms with Crippen molar-refractivity contribution < 1.29 is 4.92 Å². The molecule has 1 aromatic heterocycles. The van der Waals surface area contributed by atoms with E-state index in [2.05, 4.69) is 10.3 Å². The van der Waals surface area contributed by atoms with Crippen LogP contribution in [0.2, 0.25) is 5.02 Å². The summed E-state index contributed by atoms with van der Waals surface area (Å²) in [4.78, 5) is 10.2. The van der Waals surface area contributed by atoms with E-state index in [0.29, 0.717) is 16.4 Å².